The van der Waals surface area contributed by atoms with Crippen molar-refractivity contribution in [1.82, 2.24) is 0 Å². The van der Waals surface area contributed by atoms with E-state index in [0.717, 1.165) is 132 Å². The van der Waals surface area contributed by atoms with Gasteiger partial charge in [-0.25, -0.2) is 0 Å². The van der Waals surface area contributed by atoms with Gasteiger partial charge in [-0.3, -0.25) is 9.59 Å². The van der Waals surface area contributed by atoms with Gasteiger partial charge in [0.25, 0.3) is 0 Å². The second-order valence-corrected chi connectivity index (χ2v) is 44.5. The van der Waals surface area contributed by atoms with E-state index in [1.54, 1.807) is 0 Å². The van der Waals surface area contributed by atoms with Gasteiger partial charge in [-0.2, -0.15) is 0 Å². The molecule has 7 saturated heterocycles. The molecule has 17 unspecified atom stereocenters. The smallest absolute Gasteiger partial charge is 0.309 e. The van der Waals surface area contributed by atoms with Crippen LogP contribution in [0.25, 0.3) is 0 Å². The number of benzene rings is 6. The van der Waals surface area contributed by atoms with E-state index in [-0.39, 0.29) is 76.0 Å². The van der Waals surface area contributed by atoms with Gasteiger partial charge < -0.3 is 66.3 Å². The first-order chi connectivity index (χ1) is 59.2. The number of epoxide rings is 7. The Balaban J connectivity index is 0.000000159. The summed E-state index contributed by atoms with van der Waals surface area (Å²) in [5, 5.41) is 0. The lowest BCUT2D eigenvalue weighted by Gasteiger charge is -2.33. The summed E-state index contributed by atoms with van der Waals surface area (Å²) in [5.74, 6) is 7.64. The molecule has 125 heavy (non-hydrogen) atoms. The van der Waals surface area contributed by atoms with Gasteiger partial charge in [0.2, 0.25) is 0 Å². The van der Waals surface area contributed by atoms with Crippen molar-refractivity contribution in [3.8, 4) is 28.7 Å². The van der Waals surface area contributed by atoms with Crippen LogP contribution in [0.5, 0.6) is 28.7 Å². The van der Waals surface area contributed by atoms with Crippen molar-refractivity contribution in [2.24, 2.45) is 69.0 Å². The molecule has 0 bridgehead atoms. The molecule has 0 amide bonds. The topological polar surface area (TPSA) is 186 Å². The maximum Gasteiger partial charge on any atom is 0.309 e. The lowest BCUT2D eigenvalue weighted by Crippen LogP contribution is -2.31. The molecule has 15 rings (SSSR count). The van der Waals surface area contributed by atoms with Crippen LogP contribution >= 0.6 is 0 Å². The minimum Gasteiger partial charge on any atom is -0.491 e. The Morgan fingerprint density at radius 2 is 0.640 bits per heavy atom. The van der Waals surface area contributed by atoms with E-state index in [2.05, 4.69) is 267 Å². The van der Waals surface area contributed by atoms with E-state index < -0.39 is 5.41 Å². The van der Waals surface area contributed by atoms with Crippen molar-refractivity contribution in [2.75, 3.05) is 79.3 Å². The number of ether oxygens (including phenoxy) is 14. The van der Waals surface area contributed by atoms with Crippen molar-refractivity contribution in [3.05, 3.63) is 185 Å². The number of esters is 2. The van der Waals surface area contributed by atoms with E-state index in [9.17, 15) is 9.59 Å². The first-order valence-electron chi connectivity index (χ1n) is 47.7. The number of hydrogen-bond acceptors (Lipinski definition) is 16. The Labute approximate surface area is 751 Å². The first-order valence-corrected chi connectivity index (χ1v) is 47.7. The van der Waals surface area contributed by atoms with Crippen molar-refractivity contribution in [1.29, 1.82) is 0 Å². The molecular weight excluding hydrogens is 1570 g/mol. The fourth-order valence-corrected chi connectivity index (χ4v) is 19.0. The van der Waals surface area contributed by atoms with Crippen molar-refractivity contribution in [2.45, 2.75) is 306 Å². The number of hydrogen-bond donors (Lipinski definition) is 0. The van der Waals surface area contributed by atoms with Crippen LogP contribution in [-0.2, 0) is 68.5 Å². The molecule has 16 heteroatoms. The van der Waals surface area contributed by atoms with Crippen LogP contribution < -0.4 is 23.7 Å². The molecule has 2 aliphatic carbocycles. The molecule has 6 aromatic carbocycles. The largest absolute Gasteiger partial charge is 0.491 e. The third-order valence-electron chi connectivity index (χ3n) is 26.9. The highest BCUT2D eigenvalue weighted by molar-refractivity contribution is 5.73. The molecule has 0 radical (unpaired) electrons. The predicted octanol–water partition coefficient (Wildman–Crippen LogP) is 23.5. The van der Waals surface area contributed by atoms with E-state index in [0.29, 0.717) is 117 Å². The monoisotopic (exact) mass is 1720 g/mol. The maximum atomic E-state index is 13.7. The predicted molar refractivity (Wildman–Crippen MR) is 497 cm³/mol. The lowest BCUT2D eigenvalue weighted by molar-refractivity contribution is -0.153. The number of fused-ring (bicyclic) bond motifs is 2. The summed E-state index contributed by atoms with van der Waals surface area (Å²) in [6.45, 7) is 56.8. The van der Waals surface area contributed by atoms with Gasteiger partial charge >= 0.3 is 11.9 Å². The molecule has 0 aromatic heterocycles. The fraction of sp³-hybridized carbons (Fsp3) is 0.651. The third-order valence-corrected chi connectivity index (χ3v) is 26.9. The van der Waals surface area contributed by atoms with Crippen molar-refractivity contribution in [3.63, 3.8) is 0 Å². The van der Waals surface area contributed by atoms with E-state index in [4.69, 9.17) is 66.3 Å². The quantitative estimate of drug-likeness (QED) is 0.0201. The van der Waals surface area contributed by atoms with Gasteiger partial charge in [0, 0.05) is 16.2 Å². The van der Waals surface area contributed by atoms with Crippen LogP contribution in [0, 0.1) is 69.0 Å². The number of carbonyl (C=O) groups excluding carboxylic acids is 2. The molecule has 688 valence electrons. The Hall–Kier alpha value is -7.02. The van der Waals surface area contributed by atoms with E-state index in [1.165, 1.54) is 58.2 Å². The van der Waals surface area contributed by atoms with Gasteiger partial charge in [0.05, 0.1) is 82.5 Å². The van der Waals surface area contributed by atoms with Crippen LogP contribution in [0.1, 0.15) is 274 Å². The molecule has 7 heterocycles. The zero-order chi connectivity index (χ0) is 89.7. The molecule has 9 fully saturated rings. The minimum atomic E-state index is -0.400. The highest BCUT2D eigenvalue weighted by Crippen LogP contribution is 2.46. The molecule has 6 aromatic rings. The van der Waals surface area contributed by atoms with Gasteiger partial charge in [-0.15, -0.1) is 0 Å². The summed E-state index contributed by atoms with van der Waals surface area (Å²) >= 11 is 0. The SMILES string of the molecule is CC(C)(c1ccc(OCC2CO2)cc1)c1ccc(C(C)(c2ccc(OCC3CO3)cc2)c2ccc(OCC3CO3)cc2)cc1.CC(C)(c1ccc(OCC2CO2)cc1)c1ccc(OCC2CO2)cc1.CC(CCC(COC(=O)C(CCC(C)CC(C)(C)C)C(C)CC(C)(C)C)C(C)CC(C)(C)C)CC(C)(C)C.O=C(OCC1CCC2OC2C1)C1CCC2OC2C1. The van der Waals surface area contributed by atoms with Crippen molar-refractivity contribution < 1.29 is 75.9 Å². The standard InChI is InChI=1S/C38H40O6.C36H72O2.C21H24O4.C14H20O4/c1-37(2,27-8-14-31(15-9-27)39-20-34-23-42-34)26-4-6-28(7-5-26)38(3,29-10-16-32(17-11-29)40-21-35-24-43-35)30-12-18-33(19-13-30)41-22-36-25-44-36;1-26(21-33(5,6)7)17-19-30(28(3)23-35(11,12)13)25-38-32(37)31(29(4)24-36(14,15)16)20-18-27(2)22-34(8,9)10;1-21(2,15-3-7-17(8-4-15)22-11-19-13-24-19)16-5-9-18(10-6-16)23-12-20-14-25-20;15-14(9-2-4-11-13(6-9)18-11)16-7-8-1-3-10-12(5-8)17-10/h4-19,34-36H,20-25H2,1-3H3;26-31H,17-25H2,1-16H3;3-10,19-20H,11-14H2,1-2H3;8-13H,1-7H2. The number of carbonyl (C=O) groups is 2. The lowest BCUT2D eigenvalue weighted by atomic mass is 9.70. The molecule has 0 spiro atoms. The second-order valence-electron chi connectivity index (χ2n) is 44.5. The summed E-state index contributed by atoms with van der Waals surface area (Å²) in [7, 11) is 0. The van der Waals surface area contributed by atoms with Gasteiger partial charge in [0.15, 0.2) is 0 Å². The molecule has 17 atom stereocenters. The van der Waals surface area contributed by atoms with Crippen LogP contribution in [-0.4, -0.2) is 146 Å². The van der Waals surface area contributed by atoms with Crippen LogP contribution in [0.3, 0.4) is 0 Å². The highest BCUT2D eigenvalue weighted by Gasteiger charge is 2.48. The average Bonchev–Trinajstić information content (AvgIpc) is 1.74. The summed E-state index contributed by atoms with van der Waals surface area (Å²) in [6, 6.07) is 51.2. The molecule has 2 saturated carbocycles. The van der Waals surface area contributed by atoms with Crippen LogP contribution in [0.2, 0.25) is 0 Å². The third kappa shape index (κ3) is 31.7. The molecule has 9 aliphatic rings. The number of rotatable bonds is 40. The highest BCUT2D eigenvalue weighted by atomic mass is 16.6. The Kier molecular flexibility index (Phi) is 33.1. The minimum absolute atomic E-state index is 0.00258. The van der Waals surface area contributed by atoms with E-state index in [1.807, 2.05) is 24.3 Å². The van der Waals surface area contributed by atoms with Gasteiger partial charge in [0.1, 0.15) is 92.3 Å². The normalized spacial score (nSPS) is 24.6. The maximum absolute atomic E-state index is 13.7. The van der Waals surface area contributed by atoms with Crippen LogP contribution in [0.15, 0.2) is 146 Å². The van der Waals surface area contributed by atoms with Gasteiger partial charge in [-0.1, -0.05) is 230 Å². The molecular formula is C109H156O16. The Morgan fingerprint density at radius 3 is 0.968 bits per heavy atom. The fourth-order valence-electron chi connectivity index (χ4n) is 19.0. The van der Waals surface area contributed by atoms with Gasteiger partial charge in [-0.05, 0) is 247 Å². The van der Waals surface area contributed by atoms with Crippen LogP contribution in [0.4, 0.5) is 0 Å². The molecule has 7 aliphatic heterocycles. The zero-order valence-corrected chi connectivity index (χ0v) is 80.1. The molecule has 16 nitrogen and oxygen atoms in total. The summed E-state index contributed by atoms with van der Waals surface area (Å²) in [6.07, 6.45) is 18.3. The second kappa shape index (κ2) is 42.7. The summed E-state index contributed by atoms with van der Waals surface area (Å²) < 4.78 is 78.1. The zero-order valence-electron chi connectivity index (χ0n) is 80.1. The summed E-state index contributed by atoms with van der Waals surface area (Å²) in [4.78, 5) is 25.7. The Morgan fingerprint density at radius 1 is 0.336 bits per heavy atom. The van der Waals surface area contributed by atoms with Crippen molar-refractivity contribution >= 4 is 11.9 Å². The van der Waals surface area contributed by atoms with E-state index >= 15 is 0 Å². The molecule has 0 N–H and O–H groups in total. The Bertz CT molecular complexity index is 4140. The summed E-state index contributed by atoms with van der Waals surface area (Å²) in [5.41, 5.74) is 9.09. The average molecular weight is 1720 g/mol. The first kappa shape index (κ1) is 97.0.